The number of sulfonamides is 2. The number of benzene rings is 2. The molecule has 31 heavy (non-hydrogen) atoms. The Morgan fingerprint density at radius 1 is 0.935 bits per heavy atom. The lowest BCUT2D eigenvalue weighted by atomic mass is 10.1. The third kappa shape index (κ3) is 7.43. The summed E-state index contributed by atoms with van der Waals surface area (Å²) in [6.45, 7) is -0.117. The van der Waals surface area contributed by atoms with Gasteiger partial charge < -0.3 is 10.6 Å². The number of hydrogen-bond acceptors (Lipinski definition) is 6. The maximum Gasteiger partial charge on any atom is 0.251 e. The molecular weight excluding hydrogens is 444 g/mol. The molecule has 0 heterocycles. The average Bonchev–Trinajstić information content (AvgIpc) is 2.70. The number of hydrogen-bond donors (Lipinski definition) is 3. The SMILES string of the molecule is CN(C)S(=O)(=O)c1cccc(C(=O)NCC(=O)NCc2ccc(CS(N)(=O)=O)cc2)c1. The summed E-state index contributed by atoms with van der Waals surface area (Å²) in [5.74, 6) is -1.31. The summed E-state index contributed by atoms with van der Waals surface area (Å²) in [5, 5.41) is 10.1. The first kappa shape index (κ1) is 24.5. The van der Waals surface area contributed by atoms with E-state index < -0.39 is 31.9 Å². The van der Waals surface area contributed by atoms with Gasteiger partial charge in [-0.25, -0.2) is 26.3 Å². The summed E-state index contributed by atoms with van der Waals surface area (Å²) in [4.78, 5) is 24.2. The first-order chi connectivity index (χ1) is 14.4. The fourth-order valence-corrected chi connectivity index (χ4v) is 4.13. The highest BCUT2D eigenvalue weighted by Crippen LogP contribution is 2.14. The van der Waals surface area contributed by atoms with E-state index in [9.17, 15) is 26.4 Å². The Balaban J connectivity index is 1.88. The first-order valence-corrected chi connectivity index (χ1v) is 12.2. The van der Waals surface area contributed by atoms with Crippen molar-refractivity contribution >= 4 is 31.9 Å². The van der Waals surface area contributed by atoms with Crippen LogP contribution in [0.4, 0.5) is 0 Å². The third-order valence-electron chi connectivity index (χ3n) is 4.16. The standard InChI is InChI=1S/C19H24N4O6S2/c1-23(2)31(28,29)17-5-3-4-16(10-17)19(25)22-12-18(24)21-11-14-6-8-15(9-7-14)13-30(20,26)27/h3-10H,11-13H2,1-2H3,(H,21,24)(H,22,25)(H2,20,26,27). The van der Waals surface area contributed by atoms with Crippen molar-refractivity contribution in [3.63, 3.8) is 0 Å². The number of amides is 2. The van der Waals surface area contributed by atoms with Crippen molar-refractivity contribution in [3.05, 3.63) is 65.2 Å². The van der Waals surface area contributed by atoms with Gasteiger partial charge in [0.05, 0.1) is 17.2 Å². The van der Waals surface area contributed by atoms with Crippen molar-refractivity contribution in [3.8, 4) is 0 Å². The first-order valence-electron chi connectivity index (χ1n) is 9.04. The average molecular weight is 469 g/mol. The molecule has 2 aromatic carbocycles. The van der Waals surface area contributed by atoms with Crippen molar-refractivity contribution in [2.45, 2.75) is 17.2 Å². The molecule has 0 bridgehead atoms. The molecule has 0 saturated carbocycles. The van der Waals surface area contributed by atoms with Crippen molar-refractivity contribution in [2.75, 3.05) is 20.6 Å². The van der Waals surface area contributed by atoms with Gasteiger partial charge in [-0.1, -0.05) is 30.3 Å². The summed E-state index contributed by atoms with van der Waals surface area (Å²) in [5.41, 5.74) is 1.38. The molecule has 0 aliphatic carbocycles. The fourth-order valence-electron chi connectivity index (χ4n) is 2.52. The normalized spacial score (nSPS) is 11.9. The largest absolute Gasteiger partial charge is 0.350 e. The molecule has 2 aromatic rings. The highest BCUT2D eigenvalue weighted by atomic mass is 32.2. The lowest BCUT2D eigenvalue weighted by Gasteiger charge is -2.12. The van der Waals surface area contributed by atoms with Gasteiger partial charge >= 0.3 is 0 Å². The quantitative estimate of drug-likeness (QED) is 0.462. The molecule has 0 aliphatic rings. The number of nitrogens with zero attached hydrogens (tertiary/aromatic N) is 1. The molecule has 0 atom stereocenters. The Morgan fingerprint density at radius 2 is 1.55 bits per heavy atom. The zero-order valence-corrected chi connectivity index (χ0v) is 18.7. The summed E-state index contributed by atoms with van der Waals surface area (Å²) >= 11 is 0. The van der Waals surface area contributed by atoms with Gasteiger partial charge in [0.15, 0.2) is 0 Å². The van der Waals surface area contributed by atoms with Gasteiger partial charge in [0.25, 0.3) is 5.91 Å². The maximum absolute atomic E-state index is 12.3. The number of carbonyl (C=O) groups excluding carboxylic acids is 2. The van der Waals surface area contributed by atoms with Crippen LogP contribution in [0, 0.1) is 0 Å². The number of rotatable bonds is 9. The van der Waals surface area contributed by atoms with E-state index in [1.54, 1.807) is 24.3 Å². The fraction of sp³-hybridized carbons (Fsp3) is 0.263. The van der Waals surface area contributed by atoms with Crippen LogP contribution in [0.3, 0.4) is 0 Å². The van der Waals surface area contributed by atoms with E-state index in [2.05, 4.69) is 10.6 Å². The second-order valence-corrected chi connectivity index (χ2v) is 10.7. The zero-order valence-electron chi connectivity index (χ0n) is 17.0. The number of carbonyl (C=O) groups is 2. The third-order valence-corrected chi connectivity index (χ3v) is 6.71. The minimum atomic E-state index is -3.68. The van der Waals surface area contributed by atoms with Crippen LogP contribution in [0.5, 0.6) is 0 Å². The van der Waals surface area contributed by atoms with Crippen molar-refractivity contribution in [1.29, 1.82) is 0 Å². The van der Waals surface area contributed by atoms with Gasteiger partial charge in [0.1, 0.15) is 0 Å². The molecule has 12 heteroatoms. The molecule has 0 aromatic heterocycles. The highest BCUT2D eigenvalue weighted by molar-refractivity contribution is 7.89. The predicted molar refractivity (Wildman–Crippen MR) is 115 cm³/mol. The van der Waals surface area contributed by atoms with E-state index in [0.717, 1.165) is 9.87 Å². The summed E-state index contributed by atoms with van der Waals surface area (Å²) < 4.78 is 47.6. The number of nitrogens with one attached hydrogen (secondary N) is 2. The molecule has 0 aliphatic heterocycles. The van der Waals surface area contributed by atoms with Crippen LogP contribution in [0.15, 0.2) is 53.4 Å². The number of nitrogens with two attached hydrogens (primary N) is 1. The lowest BCUT2D eigenvalue weighted by Crippen LogP contribution is -2.36. The minimum absolute atomic E-state index is 0.0273. The molecular formula is C19H24N4O6S2. The molecule has 0 fully saturated rings. The molecule has 0 radical (unpaired) electrons. The summed E-state index contributed by atoms with van der Waals surface area (Å²) in [6.07, 6.45) is 0. The van der Waals surface area contributed by atoms with E-state index >= 15 is 0 Å². The summed E-state index contributed by atoms with van der Waals surface area (Å²) in [6, 6.07) is 12.0. The molecule has 10 nitrogen and oxygen atoms in total. The number of primary sulfonamides is 1. The van der Waals surface area contributed by atoms with Crippen LogP contribution in [-0.2, 0) is 37.1 Å². The van der Waals surface area contributed by atoms with Crippen LogP contribution in [0.25, 0.3) is 0 Å². The molecule has 2 rings (SSSR count). The predicted octanol–water partition coefficient (Wildman–Crippen LogP) is -0.228. The van der Waals surface area contributed by atoms with Gasteiger partial charge in [-0.05, 0) is 29.3 Å². The van der Waals surface area contributed by atoms with Gasteiger partial charge in [0.2, 0.25) is 26.0 Å². The van der Waals surface area contributed by atoms with Gasteiger partial charge in [0, 0.05) is 26.2 Å². The monoisotopic (exact) mass is 468 g/mol. The minimum Gasteiger partial charge on any atom is -0.350 e. The topological polar surface area (TPSA) is 156 Å². The second-order valence-electron chi connectivity index (χ2n) is 6.90. The van der Waals surface area contributed by atoms with Crippen molar-refractivity contribution < 1.29 is 26.4 Å². The van der Waals surface area contributed by atoms with Gasteiger partial charge in [-0.3, -0.25) is 9.59 Å². The van der Waals surface area contributed by atoms with Crippen LogP contribution >= 0.6 is 0 Å². The Morgan fingerprint density at radius 3 is 2.13 bits per heavy atom. The highest BCUT2D eigenvalue weighted by Gasteiger charge is 2.19. The van der Waals surface area contributed by atoms with Crippen LogP contribution in [0.2, 0.25) is 0 Å². The molecule has 4 N–H and O–H groups in total. The Bertz CT molecular complexity index is 1160. The second kappa shape index (κ2) is 10.0. The molecule has 0 unspecified atom stereocenters. The smallest absolute Gasteiger partial charge is 0.251 e. The maximum atomic E-state index is 12.3. The molecule has 0 spiro atoms. The van der Waals surface area contributed by atoms with E-state index in [-0.39, 0.29) is 29.3 Å². The lowest BCUT2D eigenvalue weighted by molar-refractivity contribution is -0.120. The Labute approximate surface area is 181 Å². The van der Waals surface area contributed by atoms with Crippen molar-refractivity contribution in [1.82, 2.24) is 14.9 Å². The van der Waals surface area contributed by atoms with Crippen LogP contribution in [-0.4, -0.2) is 53.6 Å². The molecule has 2 amide bonds. The van der Waals surface area contributed by atoms with Crippen LogP contribution < -0.4 is 15.8 Å². The zero-order chi connectivity index (χ0) is 23.2. The molecule has 168 valence electrons. The van der Waals surface area contributed by atoms with Crippen molar-refractivity contribution in [2.24, 2.45) is 5.14 Å². The van der Waals surface area contributed by atoms with E-state index in [1.807, 2.05) is 0 Å². The van der Waals surface area contributed by atoms with Gasteiger partial charge in [-0.15, -0.1) is 0 Å². The Kier molecular flexibility index (Phi) is 7.90. The van der Waals surface area contributed by atoms with Crippen LogP contribution in [0.1, 0.15) is 21.5 Å². The van der Waals surface area contributed by atoms with E-state index in [1.165, 1.54) is 38.4 Å². The summed E-state index contributed by atoms with van der Waals surface area (Å²) in [7, 11) is -4.52. The van der Waals surface area contributed by atoms with E-state index in [4.69, 9.17) is 5.14 Å². The molecule has 0 saturated heterocycles. The van der Waals surface area contributed by atoms with E-state index in [0.29, 0.717) is 5.56 Å². The Hall–Kier alpha value is -2.80. The van der Waals surface area contributed by atoms with Gasteiger partial charge in [-0.2, -0.15) is 0 Å².